The van der Waals surface area contributed by atoms with Crippen molar-refractivity contribution in [1.29, 1.82) is 0 Å². The number of sulfone groups is 1. The lowest BCUT2D eigenvalue weighted by Crippen LogP contribution is -2.59. The number of nitrogens with zero attached hydrogens (tertiary/aromatic N) is 6. The topological polar surface area (TPSA) is 128 Å². The van der Waals surface area contributed by atoms with Crippen LogP contribution < -0.4 is 0 Å². The Hall–Kier alpha value is -2.08. The number of carbonyl (C=O) groups excluding carboxylic acids is 2. The van der Waals surface area contributed by atoms with Crippen LogP contribution in [-0.4, -0.2) is 101 Å². The van der Waals surface area contributed by atoms with E-state index in [1.165, 1.54) is 18.1 Å². The molecule has 2 aliphatic rings. The maximum Gasteiger partial charge on any atom is 0.255 e. The van der Waals surface area contributed by atoms with Crippen LogP contribution in [-0.2, 0) is 24.2 Å². The number of carbonyl (C=O) groups is 2. The van der Waals surface area contributed by atoms with E-state index in [-0.39, 0.29) is 36.4 Å². The minimum atomic E-state index is -3.06. The summed E-state index contributed by atoms with van der Waals surface area (Å²) in [5.74, 6) is -0.358. The van der Waals surface area contributed by atoms with Gasteiger partial charge in [0.05, 0.1) is 11.5 Å². The van der Waals surface area contributed by atoms with Crippen LogP contribution in [0.2, 0.25) is 0 Å². The van der Waals surface area contributed by atoms with Crippen molar-refractivity contribution >= 4 is 21.7 Å². The first-order chi connectivity index (χ1) is 12.8. The smallest absolute Gasteiger partial charge is 0.255 e. The molecule has 12 heteroatoms. The molecule has 2 saturated heterocycles. The summed E-state index contributed by atoms with van der Waals surface area (Å²) >= 11 is 0. The normalized spacial score (nSPS) is 23.0. The average molecular weight is 400 g/mol. The van der Waals surface area contributed by atoms with E-state index in [0.717, 1.165) is 0 Å². The fraction of sp³-hybridized carbons (Fsp3) is 0.800. The summed E-state index contributed by atoms with van der Waals surface area (Å²) in [7, 11) is -1.58. The van der Waals surface area contributed by atoms with Crippen LogP contribution >= 0.6 is 0 Å². The van der Waals surface area contributed by atoms with Gasteiger partial charge < -0.3 is 14.5 Å². The van der Waals surface area contributed by atoms with Crippen LogP contribution in [0.1, 0.15) is 25.8 Å². The Balaban J connectivity index is 1.63. The van der Waals surface area contributed by atoms with Crippen molar-refractivity contribution in [1.82, 2.24) is 30.0 Å². The molecule has 2 fully saturated rings. The predicted molar refractivity (Wildman–Crippen MR) is 93.3 cm³/mol. The number of rotatable bonds is 4. The van der Waals surface area contributed by atoms with Gasteiger partial charge in [-0.15, -0.1) is 5.10 Å². The molecule has 2 aliphatic heterocycles. The molecule has 3 heterocycles. The second-order valence-corrected chi connectivity index (χ2v) is 9.24. The lowest BCUT2D eigenvalue weighted by molar-refractivity contribution is -0.163. The summed E-state index contributed by atoms with van der Waals surface area (Å²) in [6.45, 7) is 2.83. The van der Waals surface area contributed by atoms with Gasteiger partial charge in [-0.25, -0.2) is 13.1 Å². The number of aromatic nitrogens is 4. The maximum absolute atomic E-state index is 13.0. The number of hydrogen-bond acceptors (Lipinski definition) is 8. The van der Waals surface area contributed by atoms with Crippen molar-refractivity contribution in [2.75, 3.05) is 44.8 Å². The zero-order valence-electron chi connectivity index (χ0n) is 15.4. The highest BCUT2D eigenvalue weighted by Gasteiger charge is 2.46. The Labute approximate surface area is 157 Å². The molecular weight excluding hydrogens is 376 g/mol. The molecule has 11 nitrogen and oxygen atoms in total. The first-order valence-corrected chi connectivity index (χ1v) is 10.7. The van der Waals surface area contributed by atoms with Crippen molar-refractivity contribution < 1.29 is 22.7 Å². The molecule has 1 aromatic heterocycles. The number of hydrogen-bond donors (Lipinski definition) is 0. The van der Waals surface area contributed by atoms with Crippen molar-refractivity contribution in [2.24, 2.45) is 0 Å². The monoisotopic (exact) mass is 400 g/mol. The highest BCUT2D eigenvalue weighted by atomic mass is 32.2. The van der Waals surface area contributed by atoms with E-state index in [2.05, 4.69) is 15.5 Å². The number of amides is 2. The van der Waals surface area contributed by atoms with Crippen molar-refractivity contribution in [3.05, 3.63) is 6.33 Å². The van der Waals surface area contributed by atoms with Crippen molar-refractivity contribution in [2.45, 2.75) is 31.4 Å². The number of methoxy groups -OCH3 is 1. The Morgan fingerprint density at radius 1 is 1.11 bits per heavy atom. The lowest BCUT2D eigenvalue weighted by Gasteiger charge is -2.43. The molecule has 2 amide bonds. The molecule has 1 atom stereocenters. The molecule has 27 heavy (non-hydrogen) atoms. The van der Waals surface area contributed by atoms with Gasteiger partial charge in [0.15, 0.2) is 9.84 Å². The summed E-state index contributed by atoms with van der Waals surface area (Å²) in [6, 6.07) is -0.530. The Kier molecular flexibility index (Phi) is 5.47. The minimum Gasteiger partial charge on any atom is -0.368 e. The van der Waals surface area contributed by atoms with Crippen LogP contribution in [0.5, 0.6) is 0 Å². The quantitative estimate of drug-likeness (QED) is 0.597. The van der Waals surface area contributed by atoms with E-state index in [1.807, 2.05) is 0 Å². The summed E-state index contributed by atoms with van der Waals surface area (Å²) in [6.07, 6.45) is 2.11. The van der Waals surface area contributed by atoms with Crippen LogP contribution in [0, 0.1) is 0 Å². The molecular formula is C15H24N6O5S. The van der Waals surface area contributed by atoms with Gasteiger partial charge in [-0.3, -0.25) is 9.59 Å². The summed E-state index contributed by atoms with van der Waals surface area (Å²) in [5, 5.41) is 10.8. The standard InChI is InChI=1S/C15H24N6O5S/c1-12(21-11-16-17-18-21)13(22)19-5-3-15(26-2,4-6-19)14(23)20-7-9-27(24,25)10-8-20/h11-12H,3-10H2,1-2H3/t12-/m0/s1. The average Bonchev–Trinajstić information content (AvgIpc) is 3.21. The van der Waals surface area contributed by atoms with Crippen molar-refractivity contribution in [3.63, 3.8) is 0 Å². The lowest BCUT2D eigenvalue weighted by atomic mass is 9.89. The van der Waals surface area contributed by atoms with Crippen molar-refractivity contribution in [3.8, 4) is 0 Å². The molecule has 0 N–H and O–H groups in total. The Bertz CT molecular complexity index is 774. The molecule has 150 valence electrons. The number of piperidine rings is 1. The van der Waals surface area contributed by atoms with Gasteiger partial charge >= 0.3 is 0 Å². The van der Waals surface area contributed by atoms with Gasteiger partial charge in [-0.05, 0) is 17.4 Å². The van der Waals surface area contributed by atoms with Gasteiger partial charge in [-0.2, -0.15) is 0 Å². The highest BCUT2D eigenvalue weighted by Crippen LogP contribution is 2.30. The van der Waals surface area contributed by atoms with E-state index in [9.17, 15) is 18.0 Å². The van der Waals surface area contributed by atoms with E-state index in [4.69, 9.17) is 4.74 Å². The van der Waals surface area contributed by atoms with E-state index in [0.29, 0.717) is 25.9 Å². The molecule has 0 unspecified atom stereocenters. The highest BCUT2D eigenvalue weighted by molar-refractivity contribution is 7.91. The number of likely N-dealkylation sites (tertiary alicyclic amines) is 1. The predicted octanol–water partition coefficient (Wildman–Crippen LogP) is -1.50. The molecule has 3 rings (SSSR count). The van der Waals surface area contributed by atoms with E-state index >= 15 is 0 Å². The SMILES string of the molecule is COC1(C(=O)N2CCS(=O)(=O)CC2)CCN(C(=O)[C@H](C)n2cnnn2)CC1. The molecule has 0 spiro atoms. The van der Waals surface area contributed by atoms with Crippen LogP contribution in [0.15, 0.2) is 6.33 Å². The van der Waals surface area contributed by atoms with E-state index < -0.39 is 21.5 Å². The van der Waals surface area contributed by atoms with Crippen LogP contribution in [0.25, 0.3) is 0 Å². The number of tetrazole rings is 1. The zero-order chi connectivity index (χ0) is 19.7. The summed E-state index contributed by atoms with van der Waals surface area (Å²) in [5.41, 5.74) is -1.02. The maximum atomic E-state index is 13.0. The van der Waals surface area contributed by atoms with Gasteiger partial charge in [0.2, 0.25) is 5.91 Å². The third-order valence-corrected chi connectivity index (χ3v) is 7.02. The second kappa shape index (κ2) is 7.50. The van der Waals surface area contributed by atoms with Gasteiger partial charge in [0.25, 0.3) is 5.91 Å². The molecule has 0 bridgehead atoms. The fourth-order valence-electron chi connectivity index (χ4n) is 3.52. The van der Waals surface area contributed by atoms with Gasteiger partial charge in [0.1, 0.15) is 18.0 Å². The summed E-state index contributed by atoms with van der Waals surface area (Å²) < 4.78 is 30.2. The third kappa shape index (κ3) is 3.95. The van der Waals surface area contributed by atoms with Gasteiger partial charge in [0, 0.05) is 46.1 Å². The molecule has 1 aromatic rings. The first kappa shape index (κ1) is 19.7. The molecule has 0 saturated carbocycles. The third-order valence-electron chi connectivity index (χ3n) is 5.41. The Morgan fingerprint density at radius 2 is 1.74 bits per heavy atom. The van der Waals surface area contributed by atoms with Gasteiger partial charge in [-0.1, -0.05) is 0 Å². The first-order valence-electron chi connectivity index (χ1n) is 8.84. The summed E-state index contributed by atoms with van der Waals surface area (Å²) in [4.78, 5) is 28.9. The second-order valence-electron chi connectivity index (χ2n) is 6.93. The van der Waals surface area contributed by atoms with Crippen LogP contribution in [0.3, 0.4) is 0 Å². The fourth-order valence-corrected chi connectivity index (χ4v) is 4.72. The molecule has 0 aliphatic carbocycles. The molecule has 0 aromatic carbocycles. The Morgan fingerprint density at radius 3 is 2.26 bits per heavy atom. The van der Waals surface area contributed by atoms with Crippen LogP contribution in [0.4, 0.5) is 0 Å². The minimum absolute atomic E-state index is 0.0212. The number of ether oxygens (including phenoxy) is 1. The molecule has 0 radical (unpaired) electrons. The van der Waals surface area contributed by atoms with E-state index in [1.54, 1.807) is 16.7 Å². The zero-order valence-corrected chi connectivity index (χ0v) is 16.3. The largest absolute Gasteiger partial charge is 0.368 e.